The number of rotatable bonds is 4. The van der Waals surface area contributed by atoms with Crippen molar-refractivity contribution in [3.05, 3.63) is 66.0 Å². The van der Waals surface area contributed by atoms with E-state index in [0.29, 0.717) is 11.4 Å². The highest BCUT2D eigenvalue weighted by molar-refractivity contribution is 6.38. The van der Waals surface area contributed by atoms with Gasteiger partial charge >= 0.3 is 0 Å². The molecule has 0 saturated carbocycles. The van der Waals surface area contributed by atoms with Crippen molar-refractivity contribution in [3.8, 4) is 0 Å². The molecule has 1 aromatic carbocycles. The van der Waals surface area contributed by atoms with Crippen molar-refractivity contribution in [1.29, 1.82) is 0 Å². The van der Waals surface area contributed by atoms with Crippen LogP contribution in [0.3, 0.4) is 0 Å². The van der Waals surface area contributed by atoms with Crippen LogP contribution in [0, 0.1) is 0 Å². The van der Waals surface area contributed by atoms with Crippen LogP contribution in [0.2, 0.25) is 0 Å². The van der Waals surface area contributed by atoms with Crippen LogP contribution in [0.5, 0.6) is 0 Å². The van der Waals surface area contributed by atoms with Crippen molar-refractivity contribution in [2.75, 3.05) is 0 Å². The van der Waals surface area contributed by atoms with Gasteiger partial charge in [-0.05, 0) is 12.1 Å². The second kappa shape index (κ2) is 6.80. The molecule has 0 bridgehead atoms. The minimum absolute atomic E-state index is 0.468. The number of hydrogen-bond donors (Lipinski definition) is 1. The lowest BCUT2D eigenvalue weighted by Gasteiger charge is -1.97. The molecule has 0 atom stereocenters. The zero-order valence-corrected chi connectivity index (χ0v) is 10.1. The molecule has 19 heavy (non-hydrogen) atoms. The molecule has 0 saturated heterocycles. The maximum atomic E-state index is 8.64. The summed E-state index contributed by atoms with van der Waals surface area (Å²) in [6.45, 7) is 0. The number of aromatic nitrogens is 1. The predicted molar refractivity (Wildman–Crippen MR) is 75.1 cm³/mol. The van der Waals surface area contributed by atoms with Gasteiger partial charge in [-0.1, -0.05) is 41.6 Å². The van der Waals surface area contributed by atoms with Crippen molar-refractivity contribution in [2.45, 2.75) is 0 Å². The summed E-state index contributed by atoms with van der Waals surface area (Å²) >= 11 is 0. The SMILES string of the molecule is O/N=C/C(=N\N=C/c1ccccn1)c1ccccc1. The molecule has 2 rings (SSSR count). The Morgan fingerprint density at radius 3 is 2.53 bits per heavy atom. The van der Waals surface area contributed by atoms with E-state index < -0.39 is 0 Å². The predicted octanol–water partition coefficient (Wildman–Crippen LogP) is 2.36. The van der Waals surface area contributed by atoms with E-state index in [1.807, 2.05) is 48.5 Å². The van der Waals surface area contributed by atoms with E-state index in [1.165, 1.54) is 12.4 Å². The summed E-state index contributed by atoms with van der Waals surface area (Å²) in [7, 11) is 0. The Morgan fingerprint density at radius 1 is 1.05 bits per heavy atom. The molecule has 0 aliphatic carbocycles. The van der Waals surface area contributed by atoms with Crippen molar-refractivity contribution in [1.82, 2.24) is 4.98 Å². The maximum absolute atomic E-state index is 8.64. The largest absolute Gasteiger partial charge is 0.411 e. The van der Waals surface area contributed by atoms with Gasteiger partial charge in [0.05, 0.1) is 18.1 Å². The van der Waals surface area contributed by atoms with E-state index in [1.54, 1.807) is 6.20 Å². The van der Waals surface area contributed by atoms with Gasteiger partial charge < -0.3 is 5.21 Å². The van der Waals surface area contributed by atoms with Crippen molar-refractivity contribution in [2.24, 2.45) is 15.4 Å². The summed E-state index contributed by atoms with van der Waals surface area (Å²) < 4.78 is 0. The molecular weight excluding hydrogens is 240 g/mol. The van der Waals surface area contributed by atoms with Crippen LogP contribution >= 0.6 is 0 Å². The van der Waals surface area contributed by atoms with Gasteiger partial charge in [0.2, 0.25) is 0 Å². The number of nitrogens with zero attached hydrogens (tertiary/aromatic N) is 4. The van der Waals surface area contributed by atoms with Crippen LogP contribution in [0.1, 0.15) is 11.3 Å². The first-order chi connectivity index (χ1) is 9.40. The van der Waals surface area contributed by atoms with Gasteiger partial charge in [-0.2, -0.15) is 5.10 Å². The van der Waals surface area contributed by atoms with Crippen LogP contribution in [-0.2, 0) is 0 Å². The molecule has 0 radical (unpaired) electrons. The van der Waals surface area contributed by atoms with Crippen LogP contribution < -0.4 is 0 Å². The number of pyridine rings is 1. The van der Waals surface area contributed by atoms with Gasteiger partial charge in [0.15, 0.2) is 0 Å². The molecule has 2 aromatic rings. The fourth-order valence-corrected chi connectivity index (χ4v) is 1.42. The third-order valence-electron chi connectivity index (χ3n) is 2.29. The van der Waals surface area contributed by atoms with Crippen LogP contribution in [0.4, 0.5) is 0 Å². The van der Waals surface area contributed by atoms with Gasteiger partial charge in [-0.25, -0.2) is 0 Å². The molecule has 0 unspecified atom stereocenters. The van der Waals surface area contributed by atoms with Crippen LogP contribution in [-0.4, -0.2) is 28.3 Å². The van der Waals surface area contributed by atoms with Gasteiger partial charge in [-0.3, -0.25) is 4.98 Å². The maximum Gasteiger partial charge on any atom is 0.114 e. The molecule has 5 nitrogen and oxygen atoms in total. The average Bonchev–Trinajstić information content (AvgIpc) is 2.48. The molecule has 1 aromatic heterocycles. The number of oxime groups is 1. The van der Waals surface area contributed by atoms with Gasteiger partial charge in [-0.15, -0.1) is 5.10 Å². The molecule has 1 N–H and O–H groups in total. The molecule has 0 fully saturated rings. The molecule has 0 aliphatic heterocycles. The third kappa shape index (κ3) is 3.85. The standard InChI is InChI=1S/C14H12N4O/c19-17-11-14(12-6-2-1-3-7-12)18-16-10-13-8-4-5-9-15-13/h1-11,19H/b16-10-,17-11+,18-14+. The lowest BCUT2D eigenvalue weighted by Crippen LogP contribution is -2.01. The first-order valence-electron chi connectivity index (χ1n) is 5.65. The quantitative estimate of drug-likeness (QED) is 0.515. The molecule has 0 spiro atoms. The van der Waals surface area contributed by atoms with Crippen LogP contribution in [0.25, 0.3) is 0 Å². The third-order valence-corrected chi connectivity index (χ3v) is 2.29. The van der Waals surface area contributed by atoms with Crippen molar-refractivity contribution >= 4 is 18.1 Å². The zero-order valence-electron chi connectivity index (χ0n) is 10.1. The van der Waals surface area contributed by atoms with E-state index in [2.05, 4.69) is 20.3 Å². The van der Waals surface area contributed by atoms with E-state index in [9.17, 15) is 0 Å². The monoisotopic (exact) mass is 252 g/mol. The highest BCUT2D eigenvalue weighted by Crippen LogP contribution is 2.00. The average molecular weight is 252 g/mol. The van der Waals surface area contributed by atoms with E-state index in [-0.39, 0.29) is 0 Å². The summed E-state index contributed by atoms with van der Waals surface area (Å²) in [5, 5.41) is 19.6. The van der Waals surface area contributed by atoms with E-state index in [4.69, 9.17) is 5.21 Å². The Balaban J connectivity index is 2.21. The van der Waals surface area contributed by atoms with Crippen LogP contribution in [0.15, 0.2) is 70.1 Å². The second-order valence-electron chi connectivity index (χ2n) is 3.60. The van der Waals surface area contributed by atoms with Gasteiger partial charge in [0.25, 0.3) is 0 Å². The molecule has 5 heteroatoms. The minimum Gasteiger partial charge on any atom is -0.411 e. The highest BCUT2D eigenvalue weighted by atomic mass is 16.4. The second-order valence-corrected chi connectivity index (χ2v) is 3.60. The Kier molecular flexibility index (Phi) is 4.52. The summed E-state index contributed by atoms with van der Waals surface area (Å²) in [5.41, 5.74) is 1.99. The normalized spacial score (nSPS) is 12.3. The Bertz CT molecular complexity index is 591. The first-order valence-corrected chi connectivity index (χ1v) is 5.65. The topological polar surface area (TPSA) is 70.2 Å². The number of benzene rings is 1. The molecule has 0 amide bonds. The molecule has 1 heterocycles. The van der Waals surface area contributed by atoms with Crippen molar-refractivity contribution < 1.29 is 5.21 Å². The fraction of sp³-hybridized carbons (Fsp3) is 0. The molecule has 94 valence electrons. The Labute approximate surface area is 110 Å². The number of hydrogen-bond acceptors (Lipinski definition) is 5. The fourth-order valence-electron chi connectivity index (χ4n) is 1.42. The summed E-state index contributed by atoms with van der Waals surface area (Å²) in [5.74, 6) is 0. The summed E-state index contributed by atoms with van der Waals surface area (Å²) in [6, 6.07) is 14.9. The summed E-state index contributed by atoms with van der Waals surface area (Å²) in [6.07, 6.45) is 4.46. The Morgan fingerprint density at radius 2 is 1.84 bits per heavy atom. The molecule has 0 aliphatic rings. The lowest BCUT2D eigenvalue weighted by atomic mass is 10.1. The van der Waals surface area contributed by atoms with Gasteiger partial charge in [0, 0.05) is 11.8 Å². The first kappa shape index (κ1) is 12.6. The Hall–Kier alpha value is -2.82. The highest BCUT2D eigenvalue weighted by Gasteiger charge is 1.99. The molecular formula is C14H12N4O. The van der Waals surface area contributed by atoms with Gasteiger partial charge in [0.1, 0.15) is 5.71 Å². The van der Waals surface area contributed by atoms with Crippen molar-refractivity contribution in [3.63, 3.8) is 0 Å². The lowest BCUT2D eigenvalue weighted by molar-refractivity contribution is 0.322. The van der Waals surface area contributed by atoms with E-state index in [0.717, 1.165) is 5.56 Å². The smallest absolute Gasteiger partial charge is 0.114 e. The minimum atomic E-state index is 0.468. The van der Waals surface area contributed by atoms with E-state index >= 15 is 0 Å². The zero-order chi connectivity index (χ0) is 13.3. The summed E-state index contributed by atoms with van der Waals surface area (Å²) in [4.78, 5) is 4.09.